The van der Waals surface area contributed by atoms with E-state index in [2.05, 4.69) is 0 Å². The lowest BCUT2D eigenvalue weighted by molar-refractivity contribution is -0.483. The molecule has 1 rings (SSSR count). The predicted molar refractivity (Wildman–Crippen MR) is 40.4 cm³/mol. The molecule has 0 aromatic rings. The first-order valence-electron chi connectivity index (χ1n) is 3.92. The van der Waals surface area contributed by atoms with Gasteiger partial charge < -0.3 is 5.11 Å². The van der Waals surface area contributed by atoms with Crippen LogP contribution >= 0.6 is 0 Å². The number of aliphatic carboxylic acids is 1. The number of carboxylic acids is 1. The van der Waals surface area contributed by atoms with Crippen LogP contribution in [0.15, 0.2) is 0 Å². The Balaban J connectivity index is 2.45. The van der Waals surface area contributed by atoms with Gasteiger partial charge in [-0.25, -0.2) is 0 Å². The highest BCUT2D eigenvalue weighted by atomic mass is 16.6. The van der Waals surface area contributed by atoms with E-state index in [1.54, 1.807) is 0 Å². The third kappa shape index (κ3) is 1.54. The molecule has 5 nitrogen and oxygen atoms in total. The van der Waals surface area contributed by atoms with E-state index in [4.69, 9.17) is 5.11 Å². The lowest BCUT2D eigenvalue weighted by Gasteiger charge is -2.36. The van der Waals surface area contributed by atoms with E-state index in [-0.39, 0.29) is 13.0 Å². The molecule has 0 saturated heterocycles. The molecule has 0 aromatic carbocycles. The third-order valence-corrected chi connectivity index (χ3v) is 2.54. The van der Waals surface area contributed by atoms with Crippen LogP contribution in [0.3, 0.4) is 0 Å². The van der Waals surface area contributed by atoms with Gasteiger partial charge in [0, 0.05) is 11.3 Å². The van der Waals surface area contributed by atoms with Crippen molar-refractivity contribution in [2.24, 2.45) is 5.41 Å². The van der Waals surface area contributed by atoms with Gasteiger partial charge >= 0.3 is 5.97 Å². The molecule has 0 aromatic heterocycles. The number of rotatable bonds is 4. The normalized spacial score (nSPS) is 19.7. The van der Waals surface area contributed by atoms with E-state index in [0.717, 1.165) is 6.42 Å². The Morgan fingerprint density at radius 3 is 2.42 bits per heavy atom. The number of carboxylic acid groups (broad SMARTS) is 1. The fraction of sp³-hybridized carbons (Fsp3) is 0.857. The van der Waals surface area contributed by atoms with Gasteiger partial charge in [0.2, 0.25) is 6.54 Å². The molecule has 1 aliphatic rings. The number of hydrogen-bond acceptors (Lipinski definition) is 3. The van der Waals surface area contributed by atoms with Gasteiger partial charge in [-0.3, -0.25) is 14.9 Å². The summed E-state index contributed by atoms with van der Waals surface area (Å²) in [5.41, 5.74) is -0.771. The van der Waals surface area contributed by atoms with Crippen LogP contribution in [0.4, 0.5) is 0 Å². The fourth-order valence-corrected chi connectivity index (χ4v) is 1.48. The highest BCUT2D eigenvalue weighted by Crippen LogP contribution is 2.43. The number of nitrogens with zero attached hydrogens (tertiary/aromatic N) is 1. The molecule has 1 saturated carbocycles. The van der Waals surface area contributed by atoms with Gasteiger partial charge in [-0.15, -0.1) is 0 Å². The number of hydrogen-bond donors (Lipinski definition) is 1. The van der Waals surface area contributed by atoms with Crippen LogP contribution in [-0.4, -0.2) is 22.5 Å². The summed E-state index contributed by atoms with van der Waals surface area (Å²) in [5, 5.41) is 18.8. The maximum Gasteiger partial charge on any atom is 0.309 e. The molecule has 68 valence electrons. The average Bonchev–Trinajstić information content (AvgIpc) is 1.83. The standard InChI is InChI=1S/C7H11NO4/c9-6(10)7(2-1-3-7)4-5-8(11)12/h1-5H2,(H,9,10). The zero-order chi connectivity index (χ0) is 9.19. The molecule has 1 aliphatic carbocycles. The van der Waals surface area contributed by atoms with E-state index >= 15 is 0 Å². The molecule has 0 heterocycles. The van der Waals surface area contributed by atoms with Crippen LogP contribution in [-0.2, 0) is 4.79 Å². The van der Waals surface area contributed by atoms with Crippen molar-refractivity contribution in [2.45, 2.75) is 25.7 Å². The monoisotopic (exact) mass is 173 g/mol. The predicted octanol–water partition coefficient (Wildman–Crippen LogP) is 0.908. The summed E-state index contributed by atoms with van der Waals surface area (Å²) in [4.78, 5) is 20.3. The molecular formula is C7H11NO4. The minimum Gasteiger partial charge on any atom is -0.481 e. The second kappa shape index (κ2) is 3.08. The van der Waals surface area contributed by atoms with Crippen LogP contribution in [0.25, 0.3) is 0 Å². The van der Waals surface area contributed by atoms with E-state index < -0.39 is 16.3 Å². The minimum atomic E-state index is -0.879. The Labute approximate surface area is 69.5 Å². The Morgan fingerprint density at radius 2 is 2.17 bits per heavy atom. The van der Waals surface area contributed by atoms with Crippen LogP contribution in [0.2, 0.25) is 0 Å². The summed E-state index contributed by atoms with van der Waals surface area (Å²) < 4.78 is 0. The summed E-state index contributed by atoms with van der Waals surface area (Å²) in [7, 11) is 0. The van der Waals surface area contributed by atoms with Crippen molar-refractivity contribution >= 4 is 5.97 Å². The SMILES string of the molecule is O=C(O)C1(CC[N+](=O)[O-])CCC1. The van der Waals surface area contributed by atoms with E-state index in [1.165, 1.54) is 0 Å². The maximum absolute atomic E-state index is 10.7. The second-order valence-electron chi connectivity index (χ2n) is 3.25. The van der Waals surface area contributed by atoms with E-state index in [0.29, 0.717) is 12.8 Å². The first kappa shape index (κ1) is 8.96. The molecule has 0 spiro atoms. The summed E-state index contributed by atoms with van der Waals surface area (Å²) in [6.45, 7) is -0.230. The van der Waals surface area contributed by atoms with Gasteiger partial charge in [0.1, 0.15) is 0 Å². The first-order valence-corrected chi connectivity index (χ1v) is 3.92. The van der Waals surface area contributed by atoms with Gasteiger partial charge in [-0.2, -0.15) is 0 Å². The van der Waals surface area contributed by atoms with Crippen molar-refractivity contribution in [1.82, 2.24) is 0 Å². The van der Waals surface area contributed by atoms with E-state index in [1.807, 2.05) is 0 Å². The summed E-state index contributed by atoms with van der Waals surface area (Å²) >= 11 is 0. The second-order valence-corrected chi connectivity index (χ2v) is 3.25. The Hall–Kier alpha value is -1.13. The van der Waals surface area contributed by atoms with Crippen molar-refractivity contribution in [3.05, 3.63) is 10.1 Å². The smallest absolute Gasteiger partial charge is 0.309 e. The summed E-state index contributed by atoms with van der Waals surface area (Å²) in [6.07, 6.45) is 2.24. The molecule has 0 atom stereocenters. The molecule has 0 aliphatic heterocycles. The van der Waals surface area contributed by atoms with Crippen molar-refractivity contribution in [3.63, 3.8) is 0 Å². The molecule has 0 bridgehead atoms. The molecule has 1 fully saturated rings. The highest BCUT2D eigenvalue weighted by molar-refractivity contribution is 5.75. The zero-order valence-corrected chi connectivity index (χ0v) is 6.65. The minimum absolute atomic E-state index is 0.176. The summed E-state index contributed by atoms with van der Waals surface area (Å²) in [5.74, 6) is -0.879. The Morgan fingerprint density at radius 1 is 1.58 bits per heavy atom. The quantitative estimate of drug-likeness (QED) is 0.506. The van der Waals surface area contributed by atoms with Crippen molar-refractivity contribution < 1.29 is 14.8 Å². The Kier molecular flexibility index (Phi) is 2.30. The Bertz CT molecular complexity index is 209. The molecule has 1 N–H and O–H groups in total. The van der Waals surface area contributed by atoms with Gasteiger partial charge in [0.15, 0.2) is 0 Å². The molecular weight excluding hydrogens is 162 g/mol. The largest absolute Gasteiger partial charge is 0.481 e. The summed E-state index contributed by atoms with van der Waals surface area (Å²) in [6, 6.07) is 0. The van der Waals surface area contributed by atoms with Gasteiger partial charge in [-0.05, 0) is 12.8 Å². The number of nitro groups is 1. The molecule has 12 heavy (non-hydrogen) atoms. The zero-order valence-electron chi connectivity index (χ0n) is 6.65. The molecule has 0 unspecified atom stereocenters. The fourth-order valence-electron chi connectivity index (χ4n) is 1.48. The molecule has 0 amide bonds. The lowest BCUT2D eigenvalue weighted by atomic mass is 9.67. The molecule has 5 heteroatoms. The van der Waals surface area contributed by atoms with Crippen molar-refractivity contribution in [1.29, 1.82) is 0 Å². The van der Waals surface area contributed by atoms with Gasteiger partial charge in [-0.1, -0.05) is 6.42 Å². The van der Waals surface area contributed by atoms with Crippen LogP contribution in [0.5, 0.6) is 0 Å². The van der Waals surface area contributed by atoms with Crippen molar-refractivity contribution in [2.75, 3.05) is 6.54 Å². The average molecular weight is 173 g/mol. The third-order valence-electron chi connectivity index (χ3n) is 2.54. The van der Waals surface area contributed by atoms with Gasteiger partial charge in [0.05, 0.1) is 5.41 Å². The van der Waals surface area contributed by atoms with Crippen LogP contribution in [0.1, 0.15) is 25.7 Å². The van der Waals surface area contributed by atoms with Gasteiger partial charge in [0.25, 0.3) is 0 Å². The first-order chi connectivity index (χ1) is 5.57. The van der Waals surface area contributed by atoms with Crippen LogP contribution in [0, 0.1) is 15.5 Å². The maximum atomic E-state index is 10.7. The number of carbonyl (C=O) groups is 1. The molecule has 0 radical (unpaired) electrons. The van der Waals surface area contributed by atoms with Crippen molar-refractivity contribution in [3.8, 4) is 0 Å². The topological polar surface area (TPSA) is 80.4 Å². The van der Waals surface area contributed by atoms with E-state index in [9.17, 15) is 14.9 Å². The lowest BCUT2D eigenvalue weighted by Crippen LogP contribution is -2.39. The highest BCUT2D eigenvalue weighted by Gasteiger charge is 2.45. The van der Waals surface area contributed by atoms with Crippen LogP contribution < -0.4 is 0 Å².